The quantitative estimate of drug-likeness (QED) is 0.543. The van der Waals surface area contributed by atoms with Crippen LogP contribution in [0.4, 0.5) is 0 Å². The molecule has 0 spiro atoms. The molecule has 3 rings (SSSR count). The lowest BCUT2D eigenvalue weighted by Gasteiger charge is -2.19. The molecule has 0 fully saturated rings. The predicted octanol–water partition coefficient (Wildman–Crippen LogP) is 6.37. The van der Waals surface area contributed by atoms with Crippen molar-refractivity contribution >= 4 is 0 Å². The average molecular weight is 316 g/mol. The third kappa shape index (κ3) is 4.26. The molecule has 0 aliphatic carbocycles. The second-order valence-electron chi connectivity index (χ2n) is 7.18. The molecule has 3 aromatic carbocycles. The molecule has 1 nitrogen and oxygen atoms in total. The zero-order valence-electron chi connectivity index (χ0n) is 14.6. The van der Waals surface area contributed by atoms with E-state index in [0.717, 1.165) is 17.9 Å². The van der Waals surface area contributed by atoms with Crippen LogP contribution in [0, 0.1) is 0 Å². The minimum absolute atomic E-state index is 0.164. The van der Waals surface area contributed by atoms with E-state index in [4.69, 9.17) is 4.74 Å². The molecule has 0 atom stereocenters. The number of hydrogen-bond acceptors (Lipinski definition) is 1. The molecule has 24 heavy (non-hydrogen) atoms. The highest BCUT2D eigenvalue weighted by Gasteiger charge is 2.13. The fourth-order valence-electron chi connectivity index (χ4n) is 2.67. The minimum Gasteiger partial charge on any atom is -0.457 e. The summed E-state index contributed by atoms with van der Waals surface area (Å²) in [6, 6.07) is 27.2. The molecule has 0 bridgehead atoms. The number of hydrogen-bond donors (Lipinski definition) is 0. The van der Waals surface area contributed by atoms with E-state index in [9.17, 15) is 0 Å². The summed E-state index contributed by atoms with van der Waals surface area (Å²) in [6.07, 6.45) is 0.946. The molecular weight excluding hydrogens is 292 g/mol. The van der Waals surface area contributed by atoms with Gasteiger partial charge in [0.05, 0.1) is 0 Å². The van der Waals surface area contributed by atoms with E-state index in [1.54, 1.807) is 0 Å². The van der Waals surface area contributed by atoms with Gasteiger partial charge in [0.2, 0.25) is 0 Å². The van der Waals surface area contributed by atoms with Crippen molar-refractivity contribution < 1.29 is 4.74 Å². The second-order valence-corrected chi connectivity index (χ2v) is 7.18. The standard InChI is InChI=1S/C23H24O/c1-23(2,3)20-11-15-22(16-12-20)24-21-13-9-19(10-14-21)17-18-7-5-4-6-8-18/h4-16H,17H2,1-3H3. The van der Waals surface area contributed by atoms with Crippen LogP contribution in [0.3, 0.4) is 0 Å². The van der Waals surface area contributed by atoms with Crippen molar-refractivity contribution in [1.29, 1.82) is 0 Å². The van der Waals surface area contributed by atoms with Crippen LogP contribution in [0.2, 0.25) is 0 Å². The van der Waals surface area contributed by atoms with Gasteiger partial charge < -0.3 is 4.74 Å². The molecular formula is C23H24O. The lowest BCUT2D eigenvalue weighted by Crippen LogP contribution is -2.10. The van der Waals surface area contributed by atoms with Gasteiger partial charge in [-0.25, -0.2) is 0 Å². The van der Waals surface area contributed by atoms with Crippen LogP contribution in [0.1, 0.15) is 37.5 Å². The monoisotopic (exact) mass is 316 g/mol. The summed E-state index contributed by atoms with van der Waals surface area (Å²) >= 11 is 0. The summed E-state index contributed by atoms with van der Waals surface area (Å²) in [6.45, 7) is 6.65. The van der Waals surface area contributed by atoms with Crippen molar-refractivity contribution in [2.75, 3.05) is 0 Å². The molecule has 0 aliphatic heterocycles. The summed E-state index contributed by atoms with van der Waals surface area (Å²) in [5.41, 5.74) is 4.09. The Morgan fingerprint density at radius 1 is 0.625 bits per heavy atom. The highest BCUT2D eigenvalue weighted by Crippen LogP contribution is 2.27. The number of benzene rings is 3. The van der Waals surface area contributed by atoms with Gasteiger partial charge in [-0.3, -0.25) is 0 Å². The summed E-state index contributed by atoms with van der Waals surface area (Å²) in [5, 5.41) is 0. The number of rotatable bonds is 4. The Morgan fingerprint density at radius 2 is 1.12 bits per heavy atom. The van der Waals surface area contributed by atoms with Gasteiger partial charge in [-0.1, -0.05) is 75.4 Å². The topological polar surface area (TPSA) is 9.23 Å². The fraction of sp³-hybridized carbons (Fsp3) is 0.217. The Balaban J connectivity index is 1.66. The Kier molecular flexibility index (Phi) is 4.71. The van der Waals surface area contributed by atoms with Crippen LogP contribution in [0.5, 0.6) is 11.5 Å². The van der Waals surface area contributed by atoms with Crippen molar-refractivity contribution in [3.05, 3.63) is 95.6 Å². The summed E-state index contributed by atoms with van der Waals surface area (Å²) < 4.78 is 5.95. The molecule has 1 heteroatoms. The molecule has 0 heterocycles. The van der Waals surface area contributed by atoms with Gasteiger partial charge in [-0.2, -0.15) is 0 Å². The highest BCUT2D eigenvalue weighted by atomic mass is 16.5. The van der Waals surface area contributed by atoms with Crippen molar-refractivity contribution in [2.45, 2.75) is 32.6 Å². The van der Waals surface area contributed by atoms with Crippen molar-refractivity contribution in [3.8, 4) is 11.5 Å². The summed E-state index contributed by atoms with van der Waals surface area (Å²) in [5.74, 6) is 1.74. The van der Waals surface area contributed by atoms with Gasteiger partial charge in [-0.15, -0.1) is 0 Å². The zero-order valence-corrected chi connectivity index (χ0v) is 14.6. The van der Waals surface area contributed by atoms with E-state index in [0.29, 0.717) is 0 Å². The SMILES string of the molecule is CC(C)(C)c1ccc(Oc2ccc(Cc3ccccc3)cc2)cc1. The Bertz CT molecular complexity index is 763. The molecule has 0 saturated carbocycles. The molecule has 0 aromatic heterocycles. The smallest absolute Gasteiger partial charge is 0.127 e. The Labute approximate surface area is 144 Å². The molecule has 122 valence electrons. The minimum atomic E-state index is 0.164. The van der Waals surface area contributed by atoms with Crippen LogP contribution in [-0.4, -0.2) is 0 Å². The lowest BCUT2D eigenvalue weighted by molar-refractivity contribution is 0.481. The summed E-state index contributed by atoms with van der Waals surface area (Å²) in [7, 11) is 0. The van der Waals surface area contributed by atoms with Crippen LogP contribution < -0.4 is 4.74 Å². The van der Waals surface area contributed by atoms with E-state index in [1.807, 2.05) is 30.3 Å². The zero-order chi connectivity index (χ0) is 17.0. The predicted molar refractivity (Wildman–Crippen MR) is 101 cm³/mol. The van der Waals surface area contributed by atoms with Crippen molar-refractivity contribution in [2.24, 2.45) is 0 Å². The molecule has 3 aromatic rings. The molecule has 0 radical (unpaired) electrons. The lowest BCUT2D eigenvalue weighted by atomic mass is 9.87. The van der Waals surface area contributed by atoms with Crippen LogP contribution in [0.25, 0.3) is 0 Å². The van der Waals surface area contributed by atoms with Gasteiger partial charge in [-0.05, 0) is 52.8 Å². The third-order valence-corrected chi connectivity index (χ3v) is 4.13. The largest absolute Gasteiger partial charge is 0.457 e. The molecule has 0 amide bonds. The van der Waals surface area contributed by atoms with E-state index in [-0.39, 0.29) is 5.41 Å². The number of ether oxygens (including phenoxy) is 1. The maximum atomic E-state index is 5.95. The first-order chi connectivity index (χ1) is 11.5. The molecule has 0 aliphatic rings. The van der Waals surface area contributed by atoms with Crippen LogP contribution in [-0.2, 0) is 11.8 Å². The van der Waals surface area contributed by atoms with E-state index < -0.39 is 0 Å². The highest BCUT2D eigenvalue weighted by molar-refractivity contribution is 5.37. The summed E-state index contributed by atoms with van der Waals surface area (Å²) in [4.78, 5) is 0. The maximum absolute atomic E-state index is 5.95. The molecule has 0 saturated heterocycles. The maximum Gasteiger partial charge on any atom is 0.127 e. The Morgan fingerprint density at radius 3 is 1.67 bits per heavy atom. The first-order valence-corrected chi connectivity index (χ1v) is 8.42. The van der Waals surface area contributed by atoms with E-state index >= 15 is 0 Å². The van der Waals surface area contributed by atoms with Crippen molar-refractivity contribution in [1.82, 2.24) is 0 Å². The average Bonchev–Trinajstić information content (AvgIpc) is 2.57. The Hall–Kier alpha value is -2.54. The van der Waals surface area contributed by atoms with Crippen molar-refractivity contribution in [3.63, 3.8) is 0 Å². The van der Waals surface area contributed by atoms with Gasteiger partial charge >= 0.3 is 0 Å². The van der Waals surface area contributed by atoms with Gasteiger partial charge in [0.25, 0.3) is 0 Å². The fourth-order valence-corrected chi connectivity index (χ4v) is 2.67. The first-order valence-electron chi connectivity index (χ1n) is 8.42. The van der Waals surface area contributed by atoms with Crippen LogP contribution in [0.15, 0.2) is 78.9 Å². The second kappa shape index (κ2) is 6.92. The molecule has 0 unspecified atom stereocenters. The molecule has 0 N–H and O–H groups in total. The third-order valence-electron chi connectivity index (χ3n) is 4.13. The van der Waals surface area contributed by atoms with E-state index in [1.165, 1.54) is 16.7 Å². The normalized spacial score (nSPS) is 11.3. The van der Waals surface area contributed by atoms with E-state index in [2.05, 4.69) is 69.3 Å². The first kappa shape index (κ1) is 16.3. The van der Waals surface area contributed by atoms with Gasteiger partial charge in [0.15, 0.2) is 0 Å². The van der Waals surface area contributed by atoms with Gasteiger partial charge in [0.1, 0.15) is 11.5 Å². The van der Waals surface area contributed by atoms with Crippen LogP contribution >= 0.6 is 0 Å². The van der Waals surface area contributed by atoms with Gasteiger partial charge in [0, 0.05) is 0 Å².